The van der Waals surface area contributed by atoms with Gasteiger partial charge in [-0.2, -0.15) is 5.10 Å². The summed E-state index contributed by atoms with van der Waals surface area (Å²) in [7, 11) is 0. The van der Waals surface area contributed by atoms with E-state index in [4.69, 9.17) is 0 Å². The summed E-state index contributed by atoms with van der Waals surface area (Å²) >= 11 is 0. The number of aromatic nitrogens is 3. The molecule has 94 valence electrons. The Labute approximate surface area is 107 Å². The fraction of sp³-hybridized carbons (Fsp3) is 0.429. The predicted octanol–water partition coefficient (Wildman–Crippen LogP) is 2.30. The molecule has 2 heterocycles. The molecule has 1 N–H and O–H groups in total. The monoisotopic (exact) mass is 242 g/mol. The Morgan fingerprint density at radius 1 is 1.17 bits per heavy atom. The van der Waals surface area contributed by atoms with Gasteiger partial charge in [-0.25, -0.2) is 4.98 Å². The highest BCUT2D eigenvalue weighted by Gasteiger charge is 2.11. The van der Waals surface area contributed by atoms with Gasteiger partial charge in [-0.15, -0.1) is 0 Å². The Balaban J connectivity index is 1.70. The number of aryl methyl sites for hydroxylation is 1. The lowest BCUT2D eigenvalue weighted by molar-refractivity contribution is 0.949. The molecule has 0 bridgehead atoms. The third kappa shape index (κ3) is 2.37. The zero-order valence-electron chi connectivity index (χ0n) is 10.7. The van der Waals surface area contributed by atoms with Gasteiger partial charge in [0.05, 0.1) is 0 Å². The highest BCUT2D eigenvalue weighted by molar-refractivity contribution is 5.48. The number of rotatable bonds is 3. The van der Waals surface area contributed by atoms with Crippen molar-refractivity contribution in [1.29, 1.82) is 0 Å². The van der Waals surface area contributed by atoms with Crippen molar-refractivity contribution in [2.75, 3.05) is 18.0 Å². The number of nitrogens with zero attached hydrogens (tertiary/aromatic N) is 3. The number of benzene rings is 1. The molecule has 0 atom stereocenters. The third-order valence-corrected chi connectivity index (χ3v) is 3.41. The van der Waals surface area contributed by atoms with Crippen molar-refractivity contribution in [3.8, 4) is 0 Å². The molecule has 0 amide bonds. The van der Waals surface area contributed by atoms with Gasteiger partial charge in [0.15, 0.2) is 5.82 Å². The first-order valence-electron chi connectivity index (χ1n) is 6.53. The minimum atomic E-state index is 0.796. The minimum absolute atomic E-state index is 0.796. The second-order valence-electron chi connectivity index (χ2n) is 4.87. The number of hydrogen-bond donors (Lipinski definition) is 1. The molecule has 1 aliphatic rings. The molecule has 0 unspecified atom stereocenters. The van der Waals surface area contributed by atoms with Crippen LogP contribution in [0.25, 0.3) is 0 Å². The van der Waals surface area contributed by atoms with E-state index in [2.05, 4.69) is 44.3 Å². The van der Waals surface area contributed by atoms with Crippen molar-refractivity contribution in [3.63, 3.8) is 0 Å². The van der Waals surface area contributed by atoms with Gasteiger partial charge in [-0.05, 0) is 37.5 Å². The molecule has 1 fully saturated rings. The van der Waals surface area contributed by atoms with Crippen LogP contribution in [0.3, 0.4) is 0 Å². The van der Waals surface area contributed by atoms with Crippen molar-refractivity contribution >= 4 is 5.69 Å². The average Bonchev–Trinajstić information content (AvgIpc) is 3.02. The van der Waals surface area contributed by atoms with E-state index in [1.165, 1.54) is 37.2 Å². The Hall–Kier alpha value is -1.84. The van der Waals surface area contributed by atoms with Gasteiger partial charge >= 0.3 is 0 Å². The summed E-state index contributed by atoms with van der Waals surface area (Å²) in [6, 6.07) is 8.78. The topological polar surface area (TPSA) is 44.8 Å². The first-order chi connectivity index (χ1) is 8.81. The van der Waals surface area contributed by atoms with Gasteiger partial charge in [-0.3, -0.25) is 5.10 Å². The molecule has 1 saturated heterocycles. The summed E-state index contributed by atoms with van der Waals surface area (Å²) in [6.07, 6.45) is 3.43. The smallest absolute Gasteiger partial charge is 0.155 e. The fourth-order valence-corrected chi connectivity index (χ4v) is 2.45. The Kier molecular flexibility index (Phi) is 3.00. The van der Waals surface area contributed by atoms with Crippen molar-refractivity contribution in [2.24, 2.45) is 0 Å². The molecule has 0 radical (unpaired) electrons. The van der Waals surface area contributed by atoms with Crippen LogP contribution in [0.5, 0.6) is 0 Å². The summed E-state index contributed by atoms with van der Waals surface area (Å²) in [5, 5.41) is 7.04. The van der Waals surface area contributed by atoms with E-state index in [1.807, 2.05) is 6.92 Å². The summed E-state index contributed by atoms with van der Waals surface area (Å²) in [6.45, 7) is 4.31. The molecule has 0 spiro atoms. The summed E-state index contributed by atoms with van der Waals surface area (Å²) in [5.41, 5.74) is 2.60. The average molecular weight is 242 g/mol. The maximum absolute atomic E-state index is 4.33. The van der Waals surface area contributed by atoms with Crippen molar-refractivity contribution in [3.05, 3.63) is 41.5 Å². The van der Waals surface area contributed by atoms with E-state index in [0.29, 0.717) is 0 Å². The molecule has 1 aliphatic heterocycles. The van der Waals surface area contributed by atoms with E-state index in [1.54, 1.807) is 0 Å². The number of hydrogen-bond acceptors (Lipinski definition) is 3. The Bertz CT molecular complexity index is 509. The van der Waals surface area contributed by atoms with Crippen LogP contribution in [0.4, 0.5) is 5.69 Å². The Morgan fingerprint density at radius 3 is 2.50 bits per heavy atom. The van der Waals surface area contributed by atoms with E-state index < -0.39 is 0 Å². The molecule has 3 rings (SSSR count). The Morgan fingerprint density at radius 2 is 1.89 bits per heavy atom. The van der Waals surface area contributed by atoms with E-state index in [-0.39, 0.29) is 0 Å². The predicted molar refractivity (Wildman–Crippen MR) is 71.8 cm³/mol. The quantitative estimate of drug-likeness (QED) is 0.898. The van der Waals surface area contributed by atoms with Crippen molar-refractivity contribution in [1.82, 2.24) is 15.2 Å². The van der Waals surface area contributed by atoms with Crippen LogP contribution >= 0.6 is 0 Å². The highest BCUT2D eigenvalue weighted by Crippen LogP contribution is 2.20. The molecule has 0 aliphatic carbocycles. The van der Waals surface area contributed by atoms with Gasteiger partial charge in [0.1, 0.15) is 5.82 Å². The SMILES string of the molecule is Cc1nc(Cc2ccc(N3CCCC3)cc2)n[nH]1. The molecule has 4 nitrogen and oxygen atoms in total. The van der Waals surface area contributed by atoms with E-state index >= 15 is 0 Å². The summed E-state index contributed by atoms with van der Waals surface area (Å²) in [4.78, 5) is 6.77. The molecule has 18 heavy (non-hydrogen) atoms. The minimum Gasteiger partial charge on any atom is -0.372 e. The normalized spacial score (nSPS) is 15.3. The van der Waals surface area contributed by atoms with Gasteiger partial charge < -0.3 is 4.90 Å². The van der Waals surface area contributed by atoms with Crippen LogP contribution in [-0.4, -0.2) is 28.3 Å². The number of aromatic amines is 1. The number of anilines is 1. The lowest BCUT2D eigenvalue weighted by Gasteiger charge is -2.17. The van der Waals surface area contributed by atoms with Crippen LogP contribution in [0, 0.1) is 6.92 Å². The molecule has 0 saturated carbocycles. The zero-order chi connectivity index (χ0) is 12.4. The first kappa shape index (κ1) is 11.3. The maximum Gasteiger partial charge on any atom is 0.155 e. The maximum atomic E-state index is 4.33. The third-order valence-electron chi connectivity index (χ3n) is 3.41. The second-order valence-corrected chi connectivity index (χ2v) is 4.87. The van der Waals surface area contributed by atoms with Crippen molar-refractivity contribution < 1.29 is 0 Å². The lowest BCUT2D eigenvalue weighted by atomic mass is 10.1. The van der Waals surface area contributed by atoms with Crippen LogP contribution in [0.15, 0.2) is 24.3 Å². The molecular weight excluding hydrogens is 224 g/mol. The molecule has 1 aromatic carbocycles. The lowest BCUT2D eigenvalue weighted by Crippen LogP contribution is -2.17. The molecular formula is C14H18N4. The summed E-state index contributed by atoms with van der Waals surface area (Å²) < 4.78 is 0. The summed E-state index contributed by atoms with van der Waals surface area (Å²) in [5.74, 6) is 1.74. The molecule has 1 aromatic heterocycles. The van der Waals surface area contributed by atoms with Crippen LogP contribution in [0.1, 0.15) is 30.1 Å². The van der Waals surface area contributed by atoms with Gasteiger partial charge in [0.25, 0.3) is 0 Å². The largest absolute Gasteiger partial charge is 0.372 e. The van der Waals surface area contributed by atoms with Gasteiger partial charge in [0, 0.05) is 25.2 Å². The van der Waals surface area contributed by atoms with Crippen LogP contribution in [-0.2, 0) is 6.42 Å². The first-order valence-corrected chi connectivity index (χ1v) is 6.53. The molecule has 4 heteroatoms. The van der Waals surface area contributed by atoms with Crippen LogP contribution in [0.2, 0.25) is 0 Å². The van der Waals surface area contributed by atoms with Gasteiger partial charge in [-0.1, -0.05) is 12.1 Å². The standard InChI is InChI=1S/C14H18N4/c1-11-15-14(17-16-11)10-12-4-6-13(7-5-12)18-8-2-3-9-18/h4-7H,2-3,8-10H2,1H3,(H,15,16,17). The second kappa shape index (κ2) is 4.80. The number of H-pyrrole nitrogens is 1. The molecule has 2 aromatic rings. The fourth-order valence-electron chi connectivity index (χ4n) is 2.45. The van der Waals surface area contributed by atoms with Crippen LogP contribution < -0.4 is 4.90 Å². The zero-order valence-corrected chi connectivity index (χ0v) is 10.7. The van der Waals surface area contributed by atoms with Crippen molar-refractivity contribution in [2.45, 2.75) is 26.2 Å². The van der Waals surface area contributed by atoms with Gasteiger partial charge in [0.2, 0.25) is 0 Å². The number of nitrogens with one attached hydrogen (secondary N) is 1. The van der Waals surface area contributed by atoms with E-state index in [0.717, 1.165) is 18.1 Å². The highest BCUT2D eigenvalue weighted by atomic mass is 15.2. The van der Waals surface area contributed by atoms with E-state index in [9.17, 15) is 0 Å².